The second kappa shape index (κ2) is 7.67. The Balaban J connectivity index is 1.94. The van der Waals surface area contributed by atoms with Crippen molar-refractivity contribution >= 4 is 23.3 Å². The molecule has 0 atom stereocenters. The molecule has 2 amide bonds. The number of aromatic nitrogens is 2. The van der Waals surface area contributed by atoms with Crippen LogP contribution in [0.25, 0.3) is 5.69 Å². The van der Waals surface area contributed by atoms with Crippen molar-refractivity contribution in [1.29, 1.82) is 0 Å². The second-order valence-corrected chi connectivity index (χ2v) is 6.57. The van der Waals surface area contributed by atoms with Gasteiger partial charge in [-0.25, -0.2) is 9.07 Å². The van der Waals surface area contributed by atoms with E-state index >= 15 is 0 Å². The fourth-order valence-corrected chi connectivity index (χ4v) is 3.04. The molecule has 3 rings (SSSR count). The summed E-state index contributed by atoms with van der Waals surface area (Å²) < 4.78 is 15.6. The third-order valence-corrected chi connectivity index (χ3v) is 4.60. The molecule has 8 heteroatoms. The predicted octanol–water partition coefficient (Wildman–Crippen LogP) is 2.86. The van der Waals surface area contributed by atoms with Crippen LogP contribution in [0.2, 0.25) is 0 Å². The molecule has 0 saturated carbocycles. The van der Waals surface area contributed by atoms with Gasteiger partial charge in [0.2, 0.25) is 5.91 Å². The maximum atomic E-state index is 14.0. The molecule has 0 fully saturated rings. The summed E-state index contributed by atoms with van der Waals surface area (Å²) in [6.07, 6.45) is 0. The summed E-state index contributed by atoms with van der Waals surface area (Å²) in [6.45, 7) is 4.74. The number of para-hydroxylation sites is 1. The summed E-state index contributed by atoms with van der Waals surface area (Å²) in [6, 6.07) is 11.4. The van der Waals surface area contributed by atoms with Gasteiger partial charge >= 0.3 is 0 Å². The molecule has 0 bridgehead atoms. The Morgan fingerprint density at radius 1 is 1.07 bits per heavy atom. The summed E-state index contributed by atoms with van der Waals surface area (Å²) in [4.78, 5) is 36.7. The van der Waals surface area contributed by atoms with Gasteiger partial charge in [-0.15, -0.1) is 0 Å². The van der Waals surface area contributed by atoms with Crippen molar-refractivity contribution < 1.29 is 18.8 Å². The zero-order chi connectivity index (χ0) is 21.3. The number of nitrogens with one attached hydrogen (secondary N) is 1. The standard InChI is InChI=1S/C21H19FN4O3/c1-11-16(22)9-14(20(23)28)10-17(11)24-21(29)19(27)18-12(2)25-26(13(18)3)15-7-5-4-6-8-15/h4-10H,1-3H3,(H2,23,28)(H,24,29). The van der Waals surface area contributed by atoms with Crippen molar-refractivity contribution in [3.8, 4) is 5.69 Å². The lowest BCUT2D eigenvalue weighted by Gasteiger charge is -2.10. The number of aryl methyl sites for hydroxylation is 1. The van der Waals surface area contributed by atoms with E-state index in [0.29, 0.717) is 11.4 Å². The predicted molar refractivity (Wildman–Crippen MR) is 106 cm³/mol. The van der Waals surface area contributed by atoms with E-state index in [-0.39, 0.29) is 22.4 Å². The number of anilines is 1. The van der Waals surface area contributed by atoms with Gasteiger partial charge in [-0.1, -0.05) is 18.2 Å². The maximum absolute atomic E-state index is 14.0. The van der Waals surface area contributed by atoms with Crippen molar-refractivity contribution in [1.82, 2.24) is 9.78 Å². The van der Waals surface area contributed by atoms with E-state index in [4.69, 9.17) is 5.73 Å². The topological polar surface area (TPSA) is 107 Å². The van der Waals surface area contributed by atoms with Crippen molar-refractivity contribution in [3.05, 3.63) is 76.4 Å². The number of nitrogens with two attached hydrogens (primary N) is 1. The molecule has 0 radical (unpaired) electrons. The van der Waals surface area contributed by atoms with Crippen LogP contribution in [0.3, 0.4) is 0 Å². The fraction of sp³-hybridized carbons (Fsp3) is 0.143. The number of benzene rings is 2. The van der Waals surface area contributed by atoms with Gasteiger partial charge in [0.15, 0.2) is 0 Å². The normalized spacial score (nSPS) is 10.6. The van der Waals surface area contributed by atoms with E-state index in [2.05, 4.69) is 10.4 Å². The van der Waals surface area contributed by atoms with Crippen LogP contribution < -0.4 is 11.1 Å². The van der Waals surface area contributed by atoms with Crippen LogP contribution in [0.4, 0.5) is 10.1 Å². The summed E-state index contributed by atoms with van der Waals surface area (Å²) in [7, 11) is 0. The highest BCUT2D eigenvalue weighted by molar-refractivity contribution is 6.47. The van der Waals surface area contributed by atoms with Gasteiger partial charge < -0.3 is 11.1 Å². The zero-order valence-electron chi connectivity index (χ0n) is 16.1. The lowest BCUT2D eigenvalue weighted by molar-refractivity contribution is -0.112. The maximum Gasteiger partial charge on any atom is 0.296 e. The average molecular weight is 394 g/mol. The highest BCUT2D eigenvalue weighted by Gasteiger charge is 2.26. The second-order valence-electron chi connectivity index (χ2n) is 6.57. The van der Waals surface area contributed by atoms with E-state index < -0.39 is 23.4 Å². The van der Waals surface area contributed by atoms with Crippen LogP contribution in [0, 0.1) is 26.6 Å². The molecule has 0 aliphatic carbocycles. The van der Waals surface area contributed by atoms with Crippen LogP contribution in [0.1, 0.15) is 37.7 Å². The van der Waals surface area contributed by atoms with Gasteiger partial charge in [0.25, 0.3) is 11.7 Å². The van der Waals surface area contributed by atoms with E-state index in [9.17, 15) is 18.8 Å². The molecule has 0 saturated heterocycles. The Bertz CT molecular complexity index is 1140. The molecule has 148 valence electrons. The Hall–Kier alpha value is -3.81. The van der Waals surface area contributed by atoms with E-state index in [1.165, 1.54) is 13.0 Å². The van der Waals surface area contributed by atoms with Crippen molar-refractivity contribution in [2.24, 2.45) is 5.73 Å². The van der Waals surface area contributed by atoms with Crippen LogP contribution >= 0.6 is 0 Å². The van der Waals surface area contributed by atoms with Crippen molar-refractivity contribution in [2.45, 2.75) is 20.8 Å². The number of amides is 2. The van der Waals surface area contributed by atoms with Gasteiger partial charge in [0, 0.05) is 16.8 Å². The number of carbonyl (C=O) groups excluding carboxylic acids is 3. The van der Waals surface area contributed by atoms with E-state index in [1.54, 1.807) is 18.5 Å². The summed E-state index contributed by atoms with van der Waals surface area (Å²) >= 11 is 0. The molecule has 3 N–H and O–H groups in total. The van der Waals surface area contributed by atoms with Gasteiger partial charge in [-0.3, -0.25) is 14.4 Å². The minimum atomic E-state index is -0.965. The van der Waals surface area contributed by atoms with E-state index in [1.807, 2.05) is 30.3 Å². The van der Waals surface area contributed by atoms with E-state index in [0.717, 1.165) is 11.8 Å². The SMILES string of the molecule is Cc1nn(-c2ccccc2)c(C)c1C(=O)C(=O)Nc1cc(C(N)=O)cc(F)c1C. The monoisotopic (exact) mass is 394 g/mol. The van der Waals surface area contributed by atoms with Crippen molar-refractivity contribution in [3.63, 3.8) is 0 Å². The number of hydrogen-bond acceptors (Lipinski definition) is 4. The van der Waals surface area contributed by atoms with Gasteiger partial charge in [-0.2, -0.15) is 5.10 Å². The van der Waals surface area contributed by atoms with Gasteiger partial charge in [0.1, 0.15) is 5.82 Å². The molecule has 7 nitrogen and oxygen atoms in total. The first-order valence-corrected chi connectivity index (χ1v) is 8.78. The number of halogens is 1. The van der Waals surface area contributed by atoms with Crippen LogP contribution in [0.15, 0.2) is 42.5 Å². The largest absolute Gasteiger partial charge is 0.366 e. The van der Waals surface area contributed by atoms with Crippen LogP contribution in [0.5, 0.6) is 0 Å². The third kappa shape index (κ3) is 3.77. The number of carbonyl (C=O) groups is 3. The molecule has 0 aliphatic rings. The van der Waals surface area contributed by atoms with Gasteiger partial charge in [0.05, 0.1) is 22.6 Å². The number of rotatable bonds is 5. The molecule has 0 unspecified atom stereocenters. The van der Waals surface area contributed by atoms with Crippen molar-refractivity contribution in [2.75, 3.05) is 5.32 Å². The first-order chi connectivity index (χ1) is 13.7. The minimum Gasteiger partial charge on any atom is -0.366 e. The third-order valence-electron chi connectivity index (χ3n) is 4.60. The lowest BCUT2D eigenvalue weighted by atomic mass is 10.1. The number of hydrogen-bond donors (Lipinski definition) is 2. The highest BCUT2D eigenvalue weighted by Crippen LogP contribution is 2.22. The molecule has 1 heterocycles. The minimum absolute atomic E-state index is 0.00269. The first kappa shape index (κ1) is 19.9. The Morgan fingerprint density at radius 3 is 2.34 bits per heavy atom. The molecule has 3 aromatic rings. The molecular formula is C21H19FN4O3. The van der Waals surface area contributed by atoms with Gasteiger partial charge in [-0.05, 0) is 45.0 Å². The Labute approximate surface area is 166 Å². The average Bonchev–Trinajstić information content (AvgIpc) is 2.99. The lowest BCUT2D eigenvalue weighted by Crippen LogP contribution is -2.25. The number of Topliss-reactive ketones (excluding diaryl/α,β-unsaturated/α-hetero) is 1. The summed E-state index contributed by atoms with van der Waals surface area (Å²) in [5, 5.41) is 6.73. The summed E-state index contributed by atoms with van der Waals surface area (Å²) in [5.74, 6) is -3.34. The smallest absolute Gasteiger partial charge is 0.296 e. The van der Waals surface area contributed by atoms with Crippen LogP contribution in [-0.4, -0.2) is 27.4 Å². The molecule has 0 aliphatic heterocycles. The number of ketones is 1. The fourth-order valence-electron chi connectivity index (χ4n) is 3.04. The Morgan fingerprint density at radius 2 is 1.72 bits per heavy atom. The quantitative estimate of drug-likeness (QED) is 0.512. The first-order valence-electron chi connectivity index (χ1n) is 8.78. The number of nitrogens with zero attached hydrogens (tertiary/aromatic N) is 2. The molecule has 2 aromatic carbocycles. The molecule has 29 heavy (non-hydrogen) atoms. The number of primary amides is 1. The zero-order valence-corrected chi connectivity index (χ0v) is 16.1. The van der Waals surface area contributed by atoms with Crippen LogP contribution in [-0.2, 0) is 4.79 Å². The summed E-state index contributed by atoms with van der Waals surface area (Å²) in [5.41, 5.74) is 6.97. The molecule has 1 aromatic heterocycles. The highest BCUT2D eigenvalue weighted by atomic mass is 19.1. The Kier molecular flexibility index (Phi) is 5.27. The molecule has 0 spiro atoms. The molecular weight excluding hydrogens is 375 g/mol.